The van der Waals surface area contributed by atoms with Crippen molar-refractivity contribution < 1.29 is 9.59 Å². The summed E-state index contributed by atoms with van der Waals surface area (Å²) in [5.41, 5.74) is 6.62. The third kappa shape index (κ3) is 5.36. The highest BCUT2D eigenvalue weighted by molar-refractivity contribution is 9.10. The van der Waals surface area contributed by atoms with E-state index in [0.29, 0.717) is 10.2 Å². The fourth-order valence-electron chi connectivity index (χ4n) is 2.57. The summed E-state index contributed by atoms with van der Waals surface area (Å²) in [6.07, 6.45) is 3.11. The molecule has 2 aromatic carbocycles. The number of halogens is 1. The molecule has 0 saturated heterocycles. The van der Waals surface area contributed by atoms with Crippen molar-refractivity contribution in [3.05, 3.63) is 93.2 Å². The van der Waals surface area contributed by atoms with E-state index in [4.69, 9.17) is 0 Å². The van der Waals surface area contributed by atoms with Crippen LogP contribution >= 0.6 is 15.9 Å². The van der Waals surface area contributed by atoms with Crippen molar-refractivity contribution in [3.8, 4) is 0 Å². The van der Waals surface area contributed by atoms with Crippen molar-refractivity contribution in [1.82, 2.24) is 10.4 Å². The highest BCUT2D eigenvalue weighted by Crippen LogP contribution is 2.22. The lowest BCUT2D eigenvalue weighted by atomic mass is 10.1. The number of nitrogens with one attached hydrogen (secondary N) is 2. The van der Waals surface area contributed by atoms with Gasteiger partial charge in [-0.2, -0.15) is 5.10 Å². The maximum Gasteiger partial charge on any atom is 0.274 e. The van der Waals surface area contributed by atoms with E-state index in [1.807, 2.05) is 32.0 Å². The number of carbonyl (C=O) groups excluding carboxylic acids is 2. The highest BCUT2D eigenvalue weighted by atomic mass is 79.9. The van der Waals surface area contributed by atoms with Crippen molar-refractivity contribution >= 4 is 39.6 Å². The molecule has 6 nitrogen and oxygen atoms in total. The summed E-state index contributed by atoms with van der Waals surface area (Å²) in [5, 5.41) is 6.75. The number of aryl methyl sites for hydroxylation is 2. The average Bonchev–Trinajstić information content (AvgIpc) is 2.72. The Hall–Kier alpha value is -3.32. The fraction of sp³-hybridized carbons (Fsp3) is 0.0909. The van der Waals surface area contributed by atoms with E-state index in [9.17, 15) is 9.59 Å². The van der Waals surface area contributed by atoms with Crippen LogP contribution in [0.15, 0.2) is 70.4 Å². The van der Waals surface area contributed by atoms with E-state index in [1.54, 1.807) is 42.6 Å². The van der Waals surface area contributed by atoms with Crippen LogP contribution in [0.2, 0.25) is 0 Å². The number of anilines is 1. The largest absolute Gasteiger partial charge is 0.320 e. The van der Waals surface area contributed by atoms with Crippen LogP contribution in [0.5, 0.6) is 0 Å². The van der Waals surface area contributed by atoms with Crippen LogP contribution in [0.3, 0.4) is 0 Å². The molecule has 0 saturated carbocycles. The molecule has 3 rings (SSSR count). The number of rotatable bonds is 5. The maximum absolute atomic E-state index is 12.6. The van der Waals surface area contributed by atoms with Crippen molar-refractivity contribution in [2.45, 2.75) is 13.8 Å². The summed E-state index contributed by atoms with van der Waals surface area (Å²) in [4.78, 5) is 29.0. The van der Waals surface area contributed by atoms with E-state index in [-0.39, 0.29) is 11.3 Å². The Labute approximate surface area is 177 Å². The van der Waals surface area contributed by atoms with Gasteiger partial charge in [0.15, 0.2) is 0 Å². The zero-order valence-corrected chi connectivity index (χ0v) is 17.5. The molecule has 1 heterocycles. The van der Waals surface area contributed by atoms with Gasteiger partial charge >= 0.3 is 0 Å². The fourth-order valence-corrected chi connectivity index (χ4v) is 2.93. The highest BCUT2D eigenvalue weighted by Gasteiger charge is 2.15. The number of aromatic nitrogens is 1. The van der Waals surface area contributed by atoms with Crippen LogP contribution in [-0.4, -0.2) is 23.0 Å². The average molecular weight is 451 g/mol. The van der Waals surface area contributed by atoms with Gasteiger partial charge in [-0.25, -0.2) is 5.43 Å². The van der Waals surface area contributed by atoms with Crippen molar-refractivity contribution in [3.63, 3.8) is 0 Å². The number of pyridine rings is 1. The number of hydrogen-bond acceptors (Lipinski definition) is 4. The third-order valence-corrected chi connectivity index (χ3v) is 4.78. The number of hydrogen-bond donors (Lipinski definition) is 2. The van der Waals surface area contributed by atoms with E-state index in [2.05, 4.69) is 36.8 Å². The zero-order valence-electron chi connectivity index (χ0n) is 15.9. The topological polar surface area (TPSA) is 83.5 Å². The molecule has 0 bridgehead atoms. The quantitative estimate of drug-likeness (QED) is 0.443. The van der Waals surface area contributed by atoms with Crippen LogP contribution in [0.4, 0.5) is 5.69 Å². The zero-order chi connectivity index (χ0) is 20.8. The Kier molecular flexibility index (Phi) is 6.51. The summed E-state index contributed by atoms with van der Waals surface area (Å²) in [5.74, 6) is -0.844. The second-order valence-electron chi connectivity index (χ2n) is 6.40. The van der Waals surface area contributed by atoms with Crippen molar-refractivity contribution in [2.24, 2.45) is 5.10 Å². The first kappa shape index (κ1) is 20.4. The Bertz CT molecular complexity index is 1080. The predicted octanol–water partition coefficient (Wildman–Crippen LogP) is 4.48. The molecule has 2 amide bonds. The number of hydrazone groups is 1. The molecule has 2 N–H and O–H groups in total. The number of carbonyl (C=O) groups is 2. The molecule has 0 aliphatic carbocycles. The summed E-state index contributed by atoms with van der Waals surface area (Å²) in [6, 6.07) is 16.0. The van der Waals surface area contributed by atoms with Gasteiger partial charge in [-0.3, -0.25) is 14.6 Å². The molecule has 0 aliphatic rings. The number of nitrogens with zero attached hydrogens (tertiary/aromatic N) is 2. The van der Waals surface area contributed by atoms with Crippen molar-refractivity contribution in [1.29, 1.82) is 0 Å². The van der Waals surface area contributed by atoms with E-state index in [1.165, 1.54) is 11.8 Å². The molecule has 7 heteroatoms. The molecule has 0 fully saturated rings. The summed E-state index contributed by atoms with van der Waals surface area (Å²) in [6.45, 7) is 4.05. The standard InChI is InChI=1S/C22H19BrN4O2/c1-14-6-7-16(11-15(14)2)13-25-27-21(28)18-12-17(23)8-9-19(18)26-22(29)20-5-3-4-10-24-20/h3-13H,1-2H3,(H,26,29)(H,27,28). The Balaban J connectivity index is 1.75. The van der Waals surface area contributed by atoms with Crippen LogP contribution < -0.4 is 10.7 Å². The molecule has 0 unspecified atom stereocenters. The molecule has 3 aromatic rings. The molecule has 0 radical (unpaired) electrons. The van der Waals surface area contributed by atoms with Crippen LogP contribution in [0, 0.1) is 13.8 Å². The molecule has 0 atom stereocenters. The monoisotopic (exact) mass is 450 g/mol. The van der Waals surface area contributed by atoms with Gasteiger partial charge in [0.2, 0.25) is 0 Å². The van der Waals surface area contributed by atoms with Gasteiger partial charge in [-0.15, -0.1) is 0 Å². The second-order valence-corrected chi connectivity index (χ2v) is 7.32. The maximum atomic E-state index is 12.6. The lowest BCUT2D eigenvalue weighted by Crippen LogP contribution is -2.21. The summed E-state index contributed by atoms with van der Waals surface area (Å²) >= 11 is 3.35. The third-order valence-electron chi connectivity index (χ3n) is 4.28. The number of amides is 2. The minimum absolute atomic E-state index is 0.259. The summed E-state index contributed by atoms with van der Waals surface area (Å²) < 4.78 is 0.705. The van der Waals surface area contributed by atoms with Crippen LogP contribution in [0.25, 0.3) is 0 Å². The van der Waals surface area contributed by atoms with Gasteiger partial charge in [0.25, 0.3) is 11.8 Å². The lowest BCUT2D eigenvalue weighted by molar-refractivity contribution is 0.0956. The van der Waals surface area contributed by atoms with Crippen LogP contribution in [0.1, 0.15) is 37.5 Å². The van der Waals surface area contributed by atoms with Gasteiger partial charge in [0.1, 0.15) is 5.69 Å². The molecule has 0 aliphatic heterocycles. The van der Waals surface area contributed by atoms with Gasteiger partial charge in [0.05, 0.1) is 17.5 Å². The smallest absolute Gasteiger partial charge is 0.274 e. The Morgan fingerprint density at radius 2 is 1.83 bits per heavy atom. The van der Waals surface area contributed by atoms with E-state index >= 15 is 0 Å². The van der Waals surface area contributed by atoms with E-state index in [0.717, 1.165) is 11.1 Å². The van der Waals surface area contributed by atoms with Crippen molar-refractivity contribution in [2.75, 3.05) is 5.32 Å². The van der Waals surface area contributed by atoms with Gasteiger partial charge in [-0.05, 0) is 60.9 Å². The number of benzene rings is 2. The molecular weight excluding hydrogens is 432 g/mol. The molecular formula is C22H19BrN4O2. The van der Waals surface area contributed by atoms with Gasteiger partial charge < -0.3 is 5.32 Å². The first-order valence-electron chi connectivity index (χ1n) is 8.86. The van der Waals surface area contributed by atoms with Crippen LogP contribution in [-0.2, 0) is 0 Å². The van der Waals surface area contributed by atoms with Gasteiger partial charge in [0, 0.05) is 10.7 Å². The lowest BCUT2D eigenvalue weighted by Gasteiger charge is -2.10. The molecule has 0 spiro atoms. The normalized spacial score (nSPS) is 10.7. The molecule has 29 heavy (non-hydrogen) atoms. The molecule has 146 valence electrons. The first-order chi connectivity index (χ1) is 13.9. The second kappa shape index (κ2) is 9.25. The van der Waals surface area contributed by atoms with E-state index < -0.39 is 11.8 Å². The minimum Gasteiger partial charge on any atom is -0.320 e. The SMILES string of the molecule is Cc1ccc(C=NNC(=O)c2cc(Br)ccc2NC(=O)c2ccccn2)cc1C. The molecule has 1 aromatic heterocycles. The van der Waals surface area contributed by atoms with Gasteiger partial charge in [-0.1, -0.05) is 40.2 Å². The Morgan fingerprint density at radius 1 is 1.00 bits per heavy atom. The minimum atomic E-state index is -0.442. The Morgan fingerprint density at radius 3 is 2.55 bits per heavy atom. The predicted molar refractivity (Wildman–Crippen MR) is 117 cm³/mol. The summed E-state index contributed by atoms with van der Waals surface area (Å²) in [7, 11) is 0. The first-order valence-corrected chi connectivity index (χ1v) is 9.66.